The molecule has 0 spiro atoms. The second-order valence-electron chi connectivity index (χ2n) is 7.45. The molecule has 0 aromatic carbocycles. The van der Waals surface area contributed by atoms with Crippen LogP contribution in [-0.2, 0) is 29.2 Å². The Morgan fingerprint density at radius 2 is 1.48 bits per heavy atom. The van der Waals surface area contributed by atoms with E-state index in [1.54, 1.807) is 0 Å². The SMILES string of the molecule is CCCCCCCCCCCC(=O)N(CCO)CCOC(=O)C(CC(=O)O)S(=O)(=O)O. The third-order valence-corrected chi connectivity index (χ3v) is 5.88. The van der Waals surface area contributed by atoms with Crippen molar-refractivity contribution >= 4 is 28.0 Å². The van der Waals surface area contributed by atoms with Gasteiger partial charge in [0.25, 0.3) is 10.1 Å². The van der Waals surface area contributed by atoms with Gasteiger partial charge in [0.1, 0.15) is 6.61 Å². The van der Waals surface area contributed by atoms with Crippen LogP contribution in [-0.4, -0.2) is 77.5 Å². The van der Waals surface area contributed by atoms with Gasteiger partial charge in [0.05, 0.1) is 19.6 Å². The molecule has 0 aliphatic heterocycles. The average Bonchev–Trinajstić information content (AvgIpc) is 2.68. The molecule has 31 heavy (non-hydrogen) atoms. The van der Waals surface area contributed by atoms with Gasteiger partial charge in [-0.15, -0.1) is 0 Å². The first-order valence-corrected chi connectivity index (χ1v) is 12.4. The van der Waals surface area contributed by atoms with Gasteiger partial charge in [0.15, 0.2) is 5.25 Å². The second-order valence-corrected chi connectivity index (χ2v) is 9.05. The summed E-state index contributed by atoms with van der Waals surface area (Å²) in [5, 5.41) is 15.6. The highest BCUT2D eigenvalue weighted by atomic mass is 32.2. The van der Waals surface area contributed by atoms with Gasteiger partial charge in [0.2, 0.25) is 5.91 Å². The van der Waals surface area contributed by atoms with E-state index < -0.39 is 33.7 Å². The van der Waals surface area contributed by atoms with Crippen LogP contribution in [0.1, 0.15) is 77.6 Å². The van der Waals surface area contributed by atoms with Crippen LogP contribution < -0.4 is 0 Å². The van der Waals surface area contributed by atoms with Crippen molar-refractivity contribution in [2.75, 3.05) is 26.3 Å². The first-order chi connectivity index (χ1) is 14.6. The first-order valence-electron chi connectivity index (χ1n) is 10.9. The quantitative estimate of drug-likeness (QED) is 0.147. The first kappa shape index (κ1) is 29.3. The Hall–Kier alpha value is -1.72. The Balaban J connectivity index is 4.30. The topological polar surface area (TPSA) is 159 Å². The van der Waals surface area contributed by atoms with E-state index in [9.17, 15) is 22.8 Å². The van der Waals surface area contributed by atoms with Crippen LogP contribution in [0.4, 0.5) is 0 Å². The molecule has 3 N–H and O–H groups in total. The van der Waals surface area contributed by atoms with Crippen LogP contribution in [0.2, 0.25) is 0 Å². The normalized spacial score (nSPS) is 12.4. The lowest BCUT2D eigenvalue weighted by molar-refractivity contribution is -0.148. The minimum absolute atomic E-state index is 0.0324. The molecule has 1 amide bonds. The number of aliphatic carboxylic acids is 1. The van der Waals surface area contributed by atoms with Crippen molar-refractivity contribution < 1.29 is 42.3 Å². The summed E-state index contributed by atoms with van der Waals surface area (Å²) in [7, 11) is -4.94. The third-order valence-electron chi connectivity index (χ3n) is 4.80. The Morgan fingerprint density at radius 1 is 0.935 bits per heavy atom. The molecule has 0 aliphatic carbocycles. The van der Waals surface area contributed by atoms with Crippen molar-refractivity contribution in [3.8, 4) is 0 Å². The highest BCUT2D eigenvalue weighted by molar-refractivity contribution is 7.87. The van der Waals surface area contributed by atoms with Gasteiger partial charge in [-0.2, -0.15) is 8.42 Å². The summed E-state index contributed by atoms with van der Waals surface area (Å²) in [5.74, 6) is -3.21. The molecule has 0 rings (SSSR count). The predicted octanol–water partition coefficient (Wildman–Crippen LogP) is 2.00. The number of rotatable bonds is 19. The molecule has 11 heteroatoms. The number of ether oxygens (including phenoxy) is 1. The average molecular weight is 468 g/mol. The minimum Gasteiger partial charge on any atom is -0.481 e. The zero-order chi connectivity index (χ0) is 23.7. The van der Waals surface area contributed by atoms with E-state index in [2.05, 4.69) is 6.92 Å². The van der Waals surface area contributed by atoms with E-state index in [1.165, 1.54) is 37.0 Å². The van der Waals surface area contributed by atoms with E-state index in [0.29, 0.717) is 6.42 Å². The van der Waals surface area contributed by atoms with Crippen molar-refractivity contribution in [1.29, 1.82) is 0 Å². The fourth-order valence-electron chi connectivity index (χ4n) is 3.05. The van der Waals surface area contributed by atoms with E-state index in [1.807, 2.05) is 0 Å². The number of esters is 1. The number of unbranched alkanes of at least 4 members (excludes halogenated alkanes) is 8. The zero-order valence-corrected chi connectivity index (χ0v) is 19.1. The number of aliphatic hydroxyl groups excluding tert-OH is 1. The number of carbonyl (C=O) groups excluding carboxylic acids is 2. The Labute approximate surface area is 184 Å². The van der Waals surface area contributed by atoms with Crippen LogP contribution in [0, 0.1) is 0 Å². The molecule has 0 bridgehead atoms. The van der Waals surface area contributed by atoms with Crippen molar-refractivity contribution in [2.24, 2.45) is 0 Å². The number of carboxylic acids is 1. The number of nitrogens with zero attached hydrogens (tertiary/aromatic N) is 1. The summed E-state index contributed by atoms with van der Waals surface area (Å²) in [4.78, 5) is 36.1. The summed E-state index contributed by atoms with van der Waals surface area (Å²) in [6.07, 6.45) is 9.16. The van der Waals surface area contributed by atoms with Gasteiger partial charge in [-0.05, 0) is 6.42 Å². The van der Waals surface area contributed by atoms with Crippen LogP contribution >= 0.6 is 0 Å². The highest BCUT2D eigenvalue weighted by Crippen LogP contribution is 2.12. The number of carboxylic acid groups (broad SMARTS) is 1. The monoisotopic (exact) mass is 467 g/mol. The van der Waals surface area contributed by atoms with Gasteiger partial charge in [-0.25, -0.2) is 0 Å². The molecule has 0 aromatic rings. The van der Waals surface area contributed by atoms with Crippen LogP contribution in [0.3, 0.4) is 0 Å². The number of hydrogen-bond acceptors (Lipinski definition) is 7. The number of aliphatic hydroxyl groups is 1. The Bertz CT molecular complexity index is 637. The number of amides is 1. The molecular formula is C20H37NO9S. The van der Waals surface area contributed by atoms with E-state index in [0.717, 1.165) is 19.3 Å². The summed E-state index contributed by atoms with van der Waals surface area (Å²) in [5.41, 5.74) is 0. The molecule has 0 aromatic heterocycles. The molecule has 1 unspecified atom stereocenters. The molecular weight excluding hydrogens is 430 g/mol. The maximum Gasteiger partial charge on any atom is 0.327 e. The molecule has 1 atom stereocenters. The Kier molecular flexibility index (Phi) is 16.0. The van der Waals surface area contributed by atoms with Gasteiger partial charge in [-0.3, -0.25) is 18.9 Å². The van der Waals surface area contributed by atoms with Crippen molar-refractivity contribution in [2.45, 2.75) is 82.8 Å². The van der Waals surface area contributed by atoms with Crippen LogP contribution in [0.5, 0.6) is 0 Å². The lowest BCUT2D eigenvalue weighted by atomic mass is 10.1. The van der Waals surface area contributed by atoms with Crippen molar-refractivity contribution in [3.05, 3.63) is 0 Å². The largest absolute Gasteiger partial charge is 0.481 e. The molecule has 0 aliphatic rings. The van der Waals surface area contributed by atoms with Gasteiger partial charge in [0, 0.05) is 13.0 Å². The maximum atomic E-state index is 12.3. The second kappa shape index (κ2) is 16.9. The minimum atomic E-state index is -4.94. The molecule has 0 heterocycles. The fourth-order valence-corrected chi connectivity index (χ4v) is 3.71. The van der Waals surface area contributed by atoms with Gasteiger partial charge < -0.3 is 19.8 Å². The van der Waals surface area contributed by atoms with Crippen molar-refractivity contribution in [3.63, 3.8) is 0 Å². The van der Waals surface area contributed by atoms with Crippen LogP contribution in [0.25, 0.3) is 0 Å². The van der Waals surface area contributed by atoms with E-state index in [4.69, 9.17) is 19.5 Å². The standard InChI is InChI=1S/C20H37NO9S/c1-2-3-4-5-6-7-8-9-10-11-18(23)21(12-14-22)13-15-30-20(26)17(16-19(24)25)31(27,28)29/h17,22H,2-16H2,1H3,(H,24,25)(H,27,28,29). The number of carbonyl (C=O) groups is 3. The van der Waals surface area contributed by atoms with Gasteiger partial charge in [-0.1, -0.05) is 58.3 Å². The smallest absolute Gasteiger partial charge is 0.327 e. The molecule has 182 valence electrons. The summed E-state index contributed by atoms with van der Waals surface area (Å²) < 4.78 is 36.1. The summed E-state index contributed by atoms with van der Waals surface area (Å²) in [6, 6.07) is 0. The lowest BCUT2D eigenvalue weighted by Crippen LogP contribution is -2.38. The zero-order valence-electron chi connectivity index (χ0n) is 18.3. The van der Waals surface area contributed by atoms with E-state index in [-0.39, 0.29) is 38.6 Å². The van der Waals surface area contributed by atoms with Gasteiger partial charge >= 0.3 is 11.9 Å². The Morgan fingerprint density at radius 3 is 1.97 bits per heavy atom. The highest BCUT2D eigenvalue weighted by Gasteiger charge is 2.35. The predicted molar refractivity (Wildman–Crippen MR) is 114 cm³/mol. The molecule has 0 fully saturated rings. The lowest BCUT2D eigenvalue weighted by Gasteiger charge is -2.22. The van der Waals surface area contributed by atoms with Crippen LogP contribution in [0.15, 0.2) is 0 Å². The van der Waals surface area contributed by atoms with E-state index >= 15 is 0 Å². The van der Waals surface area contributed by atoms with Crippen molar-refractivity contribution in [1.82, 2.24) is 4.90 Å². The molecule has 0 saturated heterocycles. The fraction of sp³-hybridized carbons (Fsp3) is 0.850. The summed E-state index contributed by atoms with van der Waals surface area (Å²) >= 11 is 0. The molecule has 0 radical (unpaired) electrons. The molecule has 0 saturated carbocycles. The summed E-state index contributed by atoms with van der Waals surface area (Å²) in [6.45, 7) is 1.47. The maximum absolute atomic E-state index is 12.3. The molecule has 10 nitrogen and oxygen atoms in total. The third kappa shape index (κ3) is 14.8. The number of hydrogen-bond donors (Lipinski definition) is 3.